The number of nitrogens with one attached hydrogen (secondary N) is 1. The Labute approximate surface area is 128 Å². The van der Waals surface area contributed by atoms with Crippen molar-refractivity contribution in [2.24, 2.45) is 5.92 Å². The summed E-state index contributed by atoms with van der Waals surface area (Å²) in [7, 11) is 1.77. The molecule has 4 nitrogen and oxygen atoms in total. The fraction of sp³-hybridized carbons (Fsp3) is 0.765. The summed E-state index contributed by atoms with van der Waals surface area (Å²) in [6.45, 7) is 11.1. The third kappa shape index (κ3) is 5.46. The average molecular weight is 294 g/mol. The molecule has 0 aromatic carbocycles. The smallest absolute Gasteiger partial charge is 0.118 e. The highest BCUT2D eigenvalue weighted by atomic mass is 16.5. The Morgan fingerprint density at radius 3 is 2.81 bits per heavy atom. The van der Waals surface area contributed by atoms with Crippen LogP contribution in [0.5, 0.6) is 0 Å². The number of rotatable bonds is 10. The number of methoxy groups -OCH3 is 1. The number of furan rings is 1. The topological polar surface area (TPSA) is 37.6 Å². The third-order valence-electron chi connectivity index (χ3n) is 3.94. The molecule has 1 aliphatic rings. The highest BCUT2D eigenvalue weighted by Crippen LogP contribution is 2.29. The quantitative estimate of drug-likeness (QED) is 0.720. The maximum atomic E-state index is 5.88. The lowest BCUT2D eigenvalue weighted by Crippen LogP contribution is -2.29. The second-order valence-corrected chi connectivity index (χ2v) is 6.51. The van der Waals surface area contributed by atoms with Gasteiger partial charge in [0.1, 0.15) is 11.5 Å². The molecule has 120 valence electrons. The SMILES string of the molecule is COCCN(Cc1cc(CNCC(C)C)oc1C)C1CC1. The van der Waals surface area contributed by atoms with Crippen molar-refractivity contribution < 1.29 is 9.15 Å². The molecule has 21 heavy (non-hydrogen) atoms. The first-order valence-electron chi connectivity index (χ1n) is 8.12. The first kappa shape index (κ1) is 16.5. The Bertz CT molecular complexity index is 424. The Balaban J connectivity index is 1.88. The molecule has 1 aliphatic carbocycles. The van der Waals surface area contributed by atoms with Crippen molar-refractivity contribution in [1.82, 2.24) is 10.2 Å². The molecule has 1 N–H and O–H groups in total. The number of hydrogen-bond acceptors (Lipinski definition) is 4. The number of hydrogen-bond donors (Lipinski definition) is 1. The van der Waals surface area contributed by atoms with Crippen LogP contribution in [0.4, 0.5) is 0 Å². The predicted octanol–water partition coefficient (Wildman–Crippen LogP) is 2.94. The van der Waals surface area contributed by atoms with Crippen LogP contribution in [0.3, 0.4) is 0 Å². The largest absolute Gasteiger partial charge is 0.465 e. The van der Waals surface area contributed by atoms with Gasteiger partial charge in [0.25, 0.3) is 0 Å². The van der Waals surface area contributed by atoms with Gasteiger partial charge in [0, 0.05) is 31.8 Å². The van der Waals surface area contributed by atoms with Crippen LogP contribution in [0, 0.1) is 12.8 Å². The minimum absolute atomic E-state index is 0.667. The Hall–Kier alpha value is -0.840. The Morgan fingerprint density at radius 2 is 2.19 bits per heavy atom. The van der Waals surface area contributed by atoms with Crippen LogP contribution in [0.15, 0.2) is 10.5 Å². The fourth-order valence-corrected chi connectivity index (χ4v) is 2.57. The second-order valence-electron chi connectivity index (χ2n) is 6.51. The minimum Gasteiger partial charge on any atom is -0.465 e. The molecule has 4 heteroatoms. The van der Waals surface area contributed by atoms with Crippen LogP contribution in [-0.4, -0.2) is 37.7 Å². The van der Waals surface area contributed by atoms with Crippen molar-refractivity contribution in [3.63, 3.8) is 0 Å². The molecule has 1 fully saturated rings. The van der Waals surface area contributed by atoms with Crippen molar-refractivity contribution in [2.45, 2.75) is 52.7 Å². The van der Waals surface area contributed by atoms with Crippen molar-refractivity contribution in [2.75, 3.05) is 26.8 Å². The van der Waals surface area contributed by atoms with E-state index in [2.05, 4.69) is 37.1 Å². The first-order valence-corrected chi connectivity index (χ1v) is 8.12. The van der Waals surface area contributed by atoms with E-state index in [-0.39, 0.29) is 0 Å². The summed E-state index contributed by atoms with van der Waals surface area (Å²) in [6, 6.07) is 2.96. The van der Waals surface area contributed by atoms with Crippen molar-refractivity contribution >= 4 is 0 Å². The molecule has 1 saturated carbocycles. The summed E-state index contributed by atoms with van der Waals surface area (Å²) in [5.74, 6) is 2.77. The molecule has 1 aromatic rings. The van der Waals surface area contributed by atoms with E-state index in [1.807, 2.05) is 0 Å². The van der Waals surface area contributed by atoms with Crippen LogP contribution >= 0.6 is 0 Å². The molecule has 1 aromatic heterocycles. The van der Waals surface area contributed by atoms with E-state index in [1.165, 1.54) is 18.4 Å². The molecular formula is C17H30N2O2. The van der Waals surface area contributed by atoms with E-state index in [0.717, 1.165) is 50.3 Å². The molecule has 0 amide bonds. The summed E-state index contributed by atoms with van der Waals surface area (Å²) in [5.41, 5.74) is 1.32. The summed E-state index contributed by atoms with van der Waals surface area (Å²) in [6.07, 6.45) is 2.65. The lowest BCUT2D eigenvalue weighted by molar-refractivity contribution is 0.139. The van der Waals surface area contributed by atoms with Crippen molar-refractivity contribution in [1.29, 1.82) is 0 Å². The number of ether oxygens (including phenoxy) is 1. The van der Waals surface area contributed by atoms with Gasteiger partial charge < -0.3 is 14.5 Å². The molecule has 0 radical (unpaired) electrons. The third-order valence-corrected chi connectivity index (χ3v) is 3.94. The lowest BCUT2D eigenvalue weighted by atomic mass is 10.2. The monoisotopic (exact) mass is 294 g/mol. The molecule has 1 heterocycles. The fourth-order valence-electron chi connectivity index (χ4n) is 2.57. The highest BCUT2D eigenvalue weighted by molar-refractivity contribution is 5.21. The van der Waals surface area contributed by atoms with Crippen LogP contribution < -0.4 is 5.32 Å². The number of nitrogens with zero attached hydrogens (tertiary/aromatic N) is 1. The zero-order valence-electron chi connectivity index (χ0n) is 13.9. The van der Waals surface area contributed by atoms with Crippen LogP contribution in [0.1, 0.15) is 43.8 Å². The molecule has 0 unspecified atom stereocenters. The maximum Gasteiger partial charge on any atom is 0.118 e. The Kier molecular flexibility index (Phi) is 6.27. The van der Waals surface area contributed by atoms with Gasteiger partial charge in [0.2, 0.25) is 0 Å². The van der Waals surface area contributed by atoms with E-state index in [9.17, 15) is 0 Å². The van der Waals surface area contributed by atoms with Gasteiger partial charge in [-0.15, -0.1) is 0 Å². The van der Waals surface area contributed by atoms with Gasteiger partial charge in [-0.25, -0.2) is 0 Å². The van der Waals surface area contributed by atoms with E-state index in [1.54, 1.807) is 7.11 Å². The van der Waals surface area contributed by atoms with Gasteiger partial charge in [-0.2, -0.15) is 0 Å². The predicted molar refractivity (Wildman–Crippen MR) is 85.3 cm³/mol. The van der Waals surface area contributed by atoms with E-state index < -0.39 is 0 Å². The maximum absolute atomic E-state index is 5.88. The second kappa shape index (κ2) is 7.97. The molecule has 2 rings (SSSR count). The van der Waals surface area contributed by atoms with Crippen LogP contribution in [0.25, 0.3) is 0 Å². The minimum atomic E-state index is 0.667. The van der Waals surface area contributed by atoms with E-state index in [4.69, 9.17) is 9.15 Å². The zero-order chi connectivity index (χ0) is 15.2. The van der Waals surface area contributed by atoms with Gasteiger partial charge in [0.15, 0.2) is 0 Å². The summed E-state index contributed by atoms with van der Waals surface area (Å²) < 4.78 is 11.1. The zero-order valence-corrected chi connectivity index (χ0v) is 13.9. The first-order chi connectivity index (χ1) is 10.1. The van der Waals surface area contributed by atoms with Gasteiger partial charge in [-0.1, -0.05) is 13.8 Å². The molecule has 0 saturated heterocycles. The van der Waals surface area contributed by atoms with Gasteiger partial charge >= 0.3 is 0 Å². The van der Waals surface area contributed by atoms with Gasteiger partial charge in [-0.3, -0.25) is 4.90 Å². The van der Waals surface area contributed by atoms with Gasteiger partial charge in [0.05, 0.1) is 13.2 Å². The summed E-state index contributed by atoms with van der Waals surface area (Å²) in [4.78, 5) is 2.52. The summed E-state index contributed by atoms with van der Waals surface area (Å²) >= 11 is 0. The van der Waals surface area contributed by atoms with E-state index >= 15 is 0 Å². The molecular weight excluding hydrogens is 264 g/mol. The molecule has 0 atom stereocenters. The molecule has 0 bridgehead atoms. The lowest BCUT2D eigenvalue weighted by Gasteiger charge is -2.21. The van der Waals surface area contributed by atoms with E-state index in [0.29, 0.717) is 5.92 Å². The van der Waals surface area contributed by atoms with Crippen molar-refractivity contribution in [3.8, 4) is 0 Å². The van der Waals surface area contributed by atoms with Gasteiger partial charge in [-0.05, 0) is 38.3 Å². The summed E-state index contributed by atoms with van der Waals surface area (Å²) in [5, 5.41) is 3.44. The van der Waals surface area contributed by atoms with Crippen LogP contribution in [-0.2, 0) is 17.8 Å². The van der Waals surface area contributed by atoms with Crippen molar-refractivity contribution in [3.05, 3.63) is 23.2 Å². The number of aryl methyl sites for hydroxylation is 1. The molecule has 0 spiro atoms. The van der Waals surface area contributed by atoms with Crippen LogP contribution in [0.2, 0.25) is 0 Å². The highest BCUT2D eigenvalue weighted by Gasteiger charge is 2.29. The average Bonchev–Trinajstić information content (AvgIpc) is 3.20. The Morgan fingerprint density at radius 1 is 1.43 bits per heavy atom. The standard InChI is InChI=1S/C17H30N2O2/c1-13(2)10-18-11-17-9-15(14(3)21-17)12-19(7-8-20-4)16-5-6-16/h9,13,16,18H,5-8,10-12H2,1-4H3. The normalized spacial score (nSPS) is 15.3. The molecule has 0 aliphatic heterocycles.